The Morgan fingerprint density at radius 1 is 1.43 bits per heavy atom. The summed E-state index contributed by atoms with van der Waals surface area (Å²) in [5.74, 6) is -2.48. The Hall–Kier alpha value is -0.910. The van der Waals surface area contributed by atoms with Gasteiger partial charge in [0.15, 0.2) is 0 Å². The number of unbranched alkanes of at least 4 members (excludes halogenated alkanes) is 1. The second kappa shape index (κ2) is 5.74. The lowest BCUT2D eigenvalue weighted by Crippen LogP contribution is -2.57. The number of hydrogen-bond donors (Lipinski definition) is 4. The smallest absolute Gasteiger partial charge is 0.310 e. The van der Waals surface area contributed by atoms with E-state index < -0.39 is 17.7 Å². The largest absolute Gasteiger partial charge is 0.481 e. The van der Waals surface area contributed by atoms with Gasteiger partial charge in [0.1, 0.15) is 5.79 Å². The van der Waals surface area contributed by atoms with Gasteiger partial charge in [-0.05, 0) is 19.3 Å². The molecule has 1 atom stereocenters. The normalized spacial score (nSPS) is 13.6. The van der Waals surface area contributed by atoms with E-state index in [-0.39, 0.29) is 0 Å². The van der Waals surface area contributed by atoms with Gasteiger partial charge in [0.2, 0.25) is 0 Å². The lowest BCUT2D eigenvalue weighted by Gasteiger charge is -2.18. The maximum absolute atomic E-state index is 10.6. The number of nitrogens with two attached hydrogens (primary N) is 3. The average Bonchev–Trinajstić information content (AvgIpc) is 2.01. The van der Waals surface area contributed by atoms with Crippen molar-refractivity contribution in [2.24, 2.45) is 23.1 Å². The Labute approximate surface area is 83.9 Å². The first-order valence-electron chi connectivity index (χ1n) is 4.59. The van der Waals surface area contributed by atoms with Crippen LogP contribution < -0.4 is 17.2 Å². The summed E-state index contributed by atoms with van der Waals surface area (Å²) in [5.41, 5.74) is 16.1. The fraction of sp³-hybridized carbons (Fsp3) is 0.667. The summed E-state index contributed by atoms with van der Waals surface area (Å²) in [4.78, 5) is 10.6. The van der Waals surface area contributed by atoms with Crippen molar-refractivity contribution in [3.05, 3.63) is 12.7 Å². The maximum Gasteiger partial charge on any atom is 0.310 e. The van der Waals surface area contributed by atoms with Gasteiger partial charge in [-0.15, -0.1) is 6.58 Å². The predicted octanol–water partition coefficient (Wildman–Crippen LogP) is -0.0365. The molecule has 0 aromatic rings. The molecule has 0 radical (unpaired) electrons. The zero-order valence-electron chi connectivity index (χ0n) is 8.28. The molecule has 0 aromatic carbocycles. The standard InChI is InChI=1S/C9H19N3O2/c1-2-7(8(13)14)5-3-4-6-9(10,11)12/h2,7H,1,3-6,10-12H2,(H,13,14). The molecule has 0 saturated heterocycles. The van der Waals surface area contributed by atoms with Crippen LogP contribution in [0.25, 0.3) is 0 Å². The molecule has 0 amide bonds. The van der Waals surface area contributed by atoms with Gasteiger partial charge in [0.25, 0.3) is 0 Å². The minimum atomic E-state index is -1.15. The van der Waals surface area contributed by atoms with Crippen LogP contribution in [0.15, 0.2) is 12.7 Å². The van der Waals surface area contributed by atoms with Crippen LogP contribution in [0.1, 0.15) is 25.7 Å². The van der Waals surface area contributed by atoms with E-state index in [1.165, 1.54) is 6.08 Å². The van der Waals surface area contributed by atoms with Crippen molar-refractivity contribution in [1.82, 2.24) is 0 Å². The quantitative estimate of drug-likeness (QED) is 0.262. The molecule has 14 heavy (non-hydrogen) atoms. The van der Waals surface area contributed by atoms with Crippen LogP contribution in [-0.2, 0) is 4.79 Å². The molecule has 5 heteroatoms. The third-order valence-corrected chi connectivity index (χ3v) is 1.98. The van der Waals surface area contributed by atoms with E-state index in [1.807, 2.05) is 0 Å². The van der Waals surface area contributed by atoms with Gasteiger partial charge < -0.3 is 22.3 Å². The number of carboxylic acids is 1. The number of aliphatic carboxylic acids is 1. The van der Waals surface area contributed by atoms with Gasteiger partial charge in [-0.25, -0.2) is 0 Å². The van der Waals surface area contributed by atoms with E-state index in [4.69, 9.17) is 22.3 Å². The molecule has 0 aromatic heterocycles. The fourth-order valence-corrected chi connectivity index (χ4v) is 1.14. The summed E-state index contributed by atoms with van der Waals surface area (Å²) >= 11 is 0. The highest BCUT2D eigenvalue weighted by Gasteiger charge is 2.14. The molecule has 82 valence electrons. The third-order valence-electron chi connectivity index (χ3n) is 1.98. The van der Waals surface area contributed by atoms with Gasteiger partial charge in [-0.3, -0.25) is 4.79 Å². The molecule has 0 saturated carbocycles. The second-order valence-electron chi connectivity index (χ2n) is 3.54. The molecule has 0 rings (SSSR count). The van der Waals surface area contributed by atoms with Crippen LogP contribution in [0.3, 0.4) is 0 Å². The van der Waals surface area contributed by atoms with Crippen molar-refractivity contribution in [2.75, 3.05) is 0 Å². The predicted molar refractivity (Wildman–Crippen MR) is 55.1 cm³/mol. The lowest BCUT2D eigenvalue weighted by molar-refractivity contribution is -0.140. The molecule has 0 fully saturated rings. The molecule has 0 aliphatic rings. The first-order valence-corrected chi connectivity index (χ1v) is 4.59. The van der Waals surface area contributed by atoms with Gasteiger partial charge in [0, 0.05) is 0 Å². The average molecular weight is 201 g/mol. The van der Waals surface area contributed by atoms with Gasteiger partial charge in [-0.2, -0.15) is 0 Å². The third kappa shape index (κ3) is 6.59. The molecule has 0 aliphatic carbocycles. The molecule has 5 nitrogen and oxygen atoms in total. The van der Waals surface area contributed by atoms with E-state index in [1.54, 1.807) is 0 Å². The monoisotopic (exact) mass is 201 g/mol. The van der Waals surface area contributed by atoms with Crippen LogP contribution >= 0.6 is 0 Å². The van der Waals surface area contributed by atoms with E-state index in [0.717, 1.165) is 12.8 Å². The molecule has 0 heterocycles. The number of hydrogen-bond acceptors (Lipinski definition) is 4. The van der Waals surface area contributed by atoms with Crippen molar-refractivity contribution in [1.29, 1.82) is 0 Å². The Bertz CT molecular complexity index is 199. The summed E-state index contributed by atoms with van der Waals surface area (Å²) < 4.78 is 0. The molecule has 1 unspecified atom stereocenters. The van der Waals surface area contributed by atoms with Crippen LogP contribution in [0.2, 0.25) is 0 Å². The first kappa shape index (κ1) is 13.1. The SMILES string of the molecule is C=CC(CCCCC(N)(N)N)C(=O)O. The van der Waals surface area contributed by atoms with Crippen molar-refractivity contribution >= 4 is 5.97 Å². The molecular weight excluding hydrogens is 182 g/mol. The van der Waals surface area contributed by atoms with Crippen LogP contribution in [0, 0.1) is 5.92 Å². The zero-order valence-corrected chi connectivity index (χ0v) is 8.28. The van der Waals surface area contributed by atoms with Crippen LogP contribution in [-0.4, -0.2) is 16.9 Å². The van der Waals surface area contributed by atoms with E-state index in [2.05, 4.69) is 6.58 Å². The second-order valence-corrected chi connectivity index (χ2v) is 3.54. The molecule has 0 spiro atoms. The van der Waals surface area contributed by atoms with E-state index in [9.17, 15) is 4.79 Å². The number of carboxylic acid groups (broad SMARTS) is 1. The Morgan fingerprint density at radius 2 is 2.00 bits per heavy atom. The highest BCUT2D eigenvalue weighted by molar-refractivity contribution is 5.71. The van der Waals surface area contributed by atoms with Crippen LogP contribution in [0.4, 0.5) is 0 Å². The molecule has 0 aliphatic heterocycles. The summed E-state index contributed by atoms with van der Waals surface area (Å²) in [6.07, 6.45) is 3.92. The van der Waals surface area contributed by atoms with Crippen molar-refractivity contribution in [3.63, 3.8) is 0 Å². The lowest BCUT2D eigenvalue weighted by atomic mass is 10.0. The maximum atomic E-state index is 10.6. The topological polar surface area (TPSA) is 115 Å². The zero-order chi connectivity index (χ0) is 11.2. The van der Waals surface area contributed by atoms with Crippen LogP contribution in [0.5, 0.6) is 0 Å². The summed E-state index contributed by atoms with van der Waals surface area (Å²) in [7, 11) is 0. The Balaban J connectivity index is 3.63. The highest BCUT2D eigenvalue weighted by atomic mass is 16.4. The van der Waals surface area contributed by atoms with E-state index >= 15 is 0 Å². The van der Waals surface area contributed by atoms with Crippen molar-refractivity contribution < 1.29 is 9.90 Å². The highest BCUT2D eigenvalue weighted by Crippen LogP contribution is 2.12. The first-order chi connectivity index (χ1) is 6.37. The minimum Gasteiger partial charge on any atom is -0.481 e. The summed E-state index contributed by atoms with van der Waals surface area (Å²) in [5, 5.41) is 8.69. The van der Waals surface area contributed by atoms with Gasteiger partial charge in [0.05, 0.1) is 5.92 Å². The number of carbonyl (C=O) groups is 1. The van der Waals surface area contributed by atoms with Gasteiger partial charge in [-0.1, -0.05) is 12.5 Å². The Kier molecular flexibility index (Phi) is 5.37. The molecule has 0 bridgehead atoms. The summed E-state index contributed by atoms with van der Waals surface area (Å²) in [6.45, 7) is 3.45. The van der Waals surface area contributed by atoms with Crippen molar-refractivity contribution in [3.8, 4) is 0 Å². The fourth-order valence-electron chi connectivity index (χ4n) is 1.14. The molecular formula is C9H19N3O2. The Morgan fingerprint density at radius 3 is 2.36 bits per heavy atom. The minimum absolute atomic E-state index is 0.483. The summed E-state index contributed by atoms with van der Waals surface area (Å²) in [6, 6.07) is 0. The van der Waals surface area contributed by atoms with Crippen molar-refractivity contribution in [2.45, 2.75) is 31.5 Å². The molecule has 7 N–H and O–H groups in total. The van der Waals surface area contributed by atoms with Gasteiger partial charge >= 0.3 is 5.97 Å². The number of rotatable bonds is 7. The van der Waals surface area contributed by atoms with E-state index in [0.29, 0.717) is 12.8 Å².